The largest absolute Gasteiger partial charge is 0.506 e. The number of phenolic OH excluding ortho intramolecular Hbond substituents is 1. The van der Waals surface area contributed by atoms with Crippen molar-refractivity contribution in [2.45, 2.75) is 0 Å². The Kier molecular flexibility index (Phi) is 4.31. The first kappa shape index (κ1) is 16.9. The van der Waals surface area contributed by atoms with E-state index >= 15 is 0 Å². The highest BCUT2D eigenvalue weighted by atomic mass is 79.9. The van der Waals surface area contributed by atoms with Crippen LogP contribution < -0.4 is 0 Å². The molecule has 0 aliphatic carbocycles. The molecule has 0 spiro atoms. The number of hydrogen-bond donors (Lipinski definition) is 1. The molecule has 0 radical (unpaired) electrons. The van der Waals surface area contributed by atoms with Gasteiger partial charge in [-0.2, -0.15) is 0 Å². The van der Waals surface area contributed by atoms with Crippen molar-refractivity contribution in [1.82, 2.24) is 4.40 Å². The van der Waals surface area contributed by atoms with Crippen molar-refractivity contribution in [1.29, 1.82) is 0 Å². The fourth-order valence-corrected chi connectivity index (χ4v) is 3.97. The molecular formula is C21H13BrClNO2. The lowest BCUT2D eigenvalue weighted by atomic mass is 10.00. The van der Waals surface area contributed by atoms with Crippen LogP contribution in [0.1, 0.15) is 16.1 Å². The summed E-state index contributed by atoms with van der Waals surface area (Å²) in [4.78, 5) is 13.3. The lowest BCUT2D eigenvalue weighted by Gasteiger charge is -2.08. The smallest absolute Gasteiger partial charge is 0.210 e. The zero-order valence-corrected chi connectivity index (χ0v) is 15.8. The number of carbonyl (C=O) groups is 1. The van der Waals surface area contributed by atoms with Crippen molar-refractivity contribution < 1.29 is 9.90 Å². The van der Waals surface area contributed by atoms with E-state index in [-0.39, 0.29) is 16.6 Å². The maximum atomic E-state index is 13.3. The SMILES string of the molecule is O=C(c1ccc(O)c(Cl)c1)c1c(-c2ccccc2)c(Br)c2ccccn12. The molecule has 0 aliphatic rings. The number of nitrogens with zero attached hydrogens (tertiary/aromatic N) is 1. The van der Waals surface area contributed by atoms with Gasteiger partial charge >= 0.3 is 0 Å². The van der Waals surface area contributed by atoms with Gasteiger partial charge in [-0.3, -0.25) is 4.79 Å². The van der Waals surface area contributed by atoms with Gasteiger partial charge in [-0.05, 0) is 51.8 Å². The second kappa shape index (κ2) is 6.63. The van der Waals surface area contributed by atoms with Crippen LogP contribution in [0.4, 0.5) is 0 Å². The Labute approximate surface area is 163 Å². The van der Waals surface area contributed by atoms with E-state index in [9.17, 15) is 9.90 Å². The second-order valence-electron chi connectivity index (χ2n) is 5.85. The zero-order chi connectivity index (χ0) is 18.3. The Hall–Kier alpha value is -2.56. The highest BCUT2D eigenvalue weighted by Gasteiger charge is 2.24. The van der Waals surface area contributed by atoms with Crippen LogP contribution in [0.2, 0.25) is 5.02 Å². The molecule has 2 heterocycles. The number of aromatic nitrogens is 1. The summed E-state index contributed by atoms with van der Waals surface area (Å²) in [5.74, 6) is -0.217. The monoisotopic (exact) mass is 425 g/mol. The molecule has 26 heavy (non-hydrogen) atoms. The highest BCUT2D eigenvalue weighted by molar-refractivity contribution is 9.10. The Balaban J connectivity index is 2.02. The normalized spacial score (nSPS) is 11.0. The molecule has 0 bridgehead atoms. The number of benzene rings is 2. The lowest BCUT2D eigenvalue weighted by molar-refractivity contribution is 0.103. The minimum Gasteiger partial charge on any atom is -0.506 e. The van der Waals surface area contributed by atoms with E-state index < -0.39 is 0 Å². The third-order valence-corrected chi connectivity index (χ3v) is 5.37. The molecule has 2 aromatic carbocycles. The van der Waals surface area contributed by atoms with Crippen LogP contribution in [0, 0.1) is 0 Å². The van der Waals surface area contributed by atoms with Gasteiger partial charge in [0.2, 0.25) is 5.78 Å². The number of aromatic hydroxyl groups is 1. The van der Waals surface area contributed by atoms with Crippen LogP contribution in [0.15, 0.2) is 77.4 Å². The Morgan fingerprint density at radius 2 is 1.73 bits per heavy atom. The summed E-state index contributed by atoms with van der Waals surface area (Å²) in [6.45, 7) is 0. The van der Waals surface area contributed by atoms with Gasteiger partial charge in [0, 0.05) is 17.3 Å². The Morgan fingerprint density at radius 3 is 2.46 bits per heavy atom. The lowest BCUT2D eigenvalue weighted by Crippen LogP contribution is -2.06. The summed E-state index contributed by atoms with van der Waals surface area (Å²) in [5, 5.41) is 9.80. The van der Waals surface area contributed by atoms with Gasteiger partial charge in [0.05, 0.1) is 15.0 Å². The number of fused-ring (bicyclic) bond motifs is 1. The summed E-state index contributed by atoms with van der Waals surface area (Å²) in [6.07, 6.45) is 1.86. The second-order valence-corrected chi connectivity index (χ2v) is 7.06. The van der Waals surface area contributed by atoms with Crippen molar-refractivity contribution in [3.8, 4) is 16.9 Å². The molecule has 3 nitrogen and oxygen atoms in total. The van der Waals surface area contributed by atoms with E-state index in [0.29, 0.717) is 11.3 Å². The number of hydrogen-bond acceptors (Lipinski definition) is 2. The van der Waals surface area contributed by atoms with Crippen molar-refractivity contribution in [3.63, 3.8) is 0 Å². The molecule has 5 heteroatoms. The third-order valence-electron chi connectivity index (χ3n) is 4.27. The van der Waals surface area contributed by atoms with Gasteiger partial charge in [-0.1, -0.05) is 48.0 Å². The molecular weight excluding hydrogens is 414 g/mol. The van der Waals surface area contributed by atoms with Gasteiger partial charge in [0.1, 0.15) is 11.4 Å². The number of pyridine rings is 1. The van der Waals surface area contributed by atoms with Gasteiger partial charge in [0.25, 0.3) is 0 Å². The van der Waals surface area contributed by atoms with Crippen LogP contribution in [-0.2, 0) is 0 Å². The fourth-order valence-electron chi connectivity index (χ4n) is 3.05. The quantitative estimate of drug-likeness (QED) is 0.411. The molecule has 2 aromatic heterocycles. The third kappa shape index (κ3) is 2.71. The number of rotatable bonds is 3. The first-order chi connectivity index (χ1) is 12.6. The molecule has 0 unspecified atom stereocenters. The van der Waals surface area contributed by atoms with Gasteiger partial charge < -0.3 is 9.51 Å². The van der Waals surface area contributed by atoms with E-state index in [1.54, 1.807) is 6.07 Å². The zero-order valence-electron chi connectivity index (χ0n) is 13.5. The van der Waals surface area contributed by atoms with Crippen molar-refractivity contribution in [2.75, 3.05) is 0 Å². The van der Waals surface area contributed by atoms with E-state index in [1.807, 2.05) is 59.1 Å². The van der Waals surface area contributed by atoms with Gasteiger partial charge in [0.15, 0.2) is 0 Å². The highest BCUT2D eigenvalue weighted by Crippen LogP contribution is 2.38. The standard InChI is InChI=1S/C21H13BrClNO2/c22-19-16-8-4-5-11-24(16)20(18(19)13-6-2-1-3-7-13)21(26)14-9-10-17(25)15(23)12-14/h1-12,25H. The molecule has 128 valence electrons. The van der Waals surface area contributed by atoms with Crippen LogP contribution in [0.5, 0.6) is 5.75 Å². The predicted molar refractivity (Wildman–Crippen MR) is 107 cm³/mol. The molecule has 1 N–H and O–H groups in total. The Bertz CT molecular complexity index is 1140. The summed E-state index contributed by atoms with van der Waals surface area (Å²) < 4.78 is 2.73. The number of halogens is 2. The fraction of sp³-hybridized carbons (Fsp3) is 0. The van der Waals surface area contributed by atoms with E-state index in [4.69, 9.17) is 11.6 Å². The predicted octanol–water partition coefficient (Wildman–Crippen LogP) is 5.96. The minimum atomic E-state index is -0.169. The first-order valence-corrected chi connectivity index (χ1v) is 9.12. The summed E-state index contributed by atoms with van der Waals surface area (Å²) in [5.41, 5.74) is 3.63. The molecule has 0 saturated carbocycles. The van der Waals surface area contributed by atoms with Crippen LogP contribution in [-0.4, -0.2) is 15.3 Å². The number of ketones is 1. The molecule has 0 amide bonds. The van der Waals surface area contributed by atoms with Gasteiger partial charge in [-0.15, -0.1) is 0 Å². The van der Waals surface area contributed by atoms with Crippen molar-refractivity contribution in [3.05, 3.63) is 93.7 Å². The summed E-state index contributed by atoms with van der Waals surface area (Å²) in [7, 11) is 0. The topological polar surface area (TPSA) is 41.7 Å². The van der Waals surface area contributed by atoms with E-state index in [0.717, 1.165) is 21.1 Å². The van der Waals surface area contributed by atoms with Crippen LogP contribution in [0.3, 0.4) is 0 Å². The summed E-state index contributed by atoms with van der Waals surface area (Å²) in [6, 6.07) is 20.0. The molecule has 4 aromatic rings. The minimum absolute atomic E-state index is 0.0484. The van der Waals surface area contributed by atoms with Crippen molar-refractivity contribution >= 4 is 38.8 Å². The van der Waals surface area contributed by atoms with Crippen LogP contribution >= 0.6 is 27.5 Å². The maximum absolute atomic E-state index is 13.3. The van der Waals surface area contributed by atoms with E-state index in [1.165, 1.54) is 12.1 Å². The molecule has 0 fully saturated rings. The first-order valence-electron chi connectivity index (χ1n) is 7.95. The van der Waals surface area contributed by atoms with Crippen LogP contribution in [0.25, 0.3) is 16.6 Å². The molecule has 4 rings (SSSR count). The Morgan fingerprint density at radius 1 is 1.00 bits per heavy atom. The molecule has 0 saturated heterocycles. The van der Waals surface area contributed by atoms with E-state index in [2.05, 4.69) is 15.9 Å². The average molecular weight is 427 g/mol. The average Bonchev–Trinajstić information content (AvgIpc) is 2.97. The maximum Gasteiger partial charge on any atom is 0.210 e. The van der Waals surface area contributed by atoms with Gasteiger partial charge in [-0.25, -0.2) is 0 Å². The number of phenols is 1. The number of carbonyl (C=O) groups excluding carboxylic acids is 1. The molecule has 0 atom stereocenters. The van der Waals surface area contributed by atoms with Crippen molar-refractivity contribution in [2.24, 2.45) is 0 Å². The molecule has 0 aliphatic heterocycles. The summed E-state index contributed by atoms with van der Waals surface area (Å²) >= 11 is 9.67.